The molecule has 1 aliphatic heterocycles. The smallest absolute Gasteiger partial charge is 0.321 e. The summed E-state index contributed by atoms with van der Waals surface area (Å²) in [5.41, 5.74) is 1.76. The van der Waals surface area contributed by atoms with E-state index in [4.69, 9.17) is 5.26 Å². The Balaban J connectivity index is 1.48. The quantitative estimate of drug-likeness (QED) is 0.933. The summed E-state index contributed by atoms with van der Waals surface area (Å²) in [6, 6.07) is 10.3. The molecule has 0 spiro atoms. The number of anilines is 1. The van der Waals surface area contributed by atoms with Gasteiger partial charge >= 0.3 is 6.03 Å². The minimum Gasteiger partial charge on any atom is -0.322 e. The molecule has 1 saturated heterocycles. The third-order valence-electron chi connectivity index (χ3n) is 4.93. The molecule has 0 aromatic heterocycles. The van der Waals surface area contributed by atoms with E-state index in [1.165, 1.54) is 25.7 Å². The van der Waals surface area contributed by atoms with Gasteiger partial charge in [-0.3, -0.25) is 4.90 Å². The molecule has 2 fully saturated rings. The predicted octanol–water partition coefficient (Wildman–Crippen LogP) is 2.84. The van der Waals surface area contributed by atoms with E-state index in [0.717, 1.165) is 43.5 Å². The van der Waals surface area contributed by atoms with Crippen molar-refractivity contribution < 1.29 is 4.79 Å². The van der Waals surface area contributed by atoms with Crippen LogP contribution in [0.2, 0.25) is 0 Å². The summed E-state index contributed by atoms with van der Waals surface area (Å²) in [4.78, 5) is 16.8. The van der Waals surface area contributed by atoms with Crippen LogP contribution in [0.5, 0.6) is 0 Å². The lowest BCUT2D eigenvalue weighted by molar-refractivity contribution is 0.115. The van der Waals surface area contributed by atoms with E-state index >= 15 is 0 Å². The molecular weight excluding hydrogens is 288 g/mol. The zero-order valence-electron chi connectivity index (χ0n) is 13.5. The number of hydrogen-bond donors (Lipinski definition) is 1. The lowest BCUT2D eigenvalue weighted by Crippen LogP contribution is -2.52. The van der Waals surface area contributed by atoms with E-state index in [0.29, 0.717) is 6.42 Å². The molecular formula is C18H24N4O. The second-order valence-electron chi connectivity index (χ2n) is 6.42. The lowest BCUT2D eigenvalue weighted by atomic mass is 10.1. The lowest BCUT2D eigenvalue weighted by Gasteiger charge is -2.38. The summed E-state index contributed by atoms with van der Waals surface area (Å²) in [5, 5.41) is 11.6. The fourth-order valence-electron chi connectivity index (χ4n) is 3.56. The number of nitrogens with zero attached hydrogens (tertiary/aromatic N) is 3. The molecule has 0 bridgehead atoms. The van der Waals surface area contributed by atoms with Gasteiger partial charge in [0.15, 0.2) is 0 Å². The number of benzene rings is 1. The molecule has 122 valence electrons. The fourth-order valence-corrected chi connectivity index (χ4v) is 3.56. The van der Waals surface area contributed by atoms with Crippen molar-refractivity contribution in [1.82, 2.24) is 9.80 Å². The predicted molar refractivity (Wildman–Crippen MR) is 90.2 cm³/mol. The van der Waals surface area contributed by atoms with Crippen molar-refractivity contribution in [3.63, 3.8) is 0 Å². The molecule has 1 saturated carbocycles. The first-order valence-corrected chi connectivity index (χ1v) is 8.52. The van der Waals surface area contributed by atoms with Crippen LogP contribution in [0.15, 0.2) is 24.3 Å². The van der Waals surface area contributed by atoms with Gasteiger partial charge in [0.2, 0.25) is 0 Å². The Labute approximate surface area is 137 Å². The van der Waals surface area contributed by atoms with Crippen molar-refractivity contribution in [2.45, 2.75) is 38.1 Å². The molecule has 3 rings (SSSR count). The van der Waals surface area contributed by atoms with Gasteiger partial charge < -0.3 is 10.2 Å². The van der Waals surface area contributed by atoms with Gasteiger partial charge in [-0.2, -0.15) is 5.26 Å². The zero-order valence-corrected chi connectivity index (χ0v) is 13.5. The number of amides is 2. The van der Waals surface area contributed by atoms with Crippen LogP contribution in [-0.2, 0) is 6.42 Å². The third-order valence-corrected chi connectivity index (χ3v) is 4.93. The van der Waals surface area contributed by atoms with Crippen molar-refractivity contribution in [1.29, 1.82) is 5.26 Å². The Kier molecular flexibility index (Phi) is 5.14. The molecule has 0 unspecified atom stereocenters. The first-order chi connectivity index (χ1) is 11.3. The van der Waals surface area contributed by atoms with Gasteiger partial charge in [-0.15, -0.1) is 0 Å². The van der Waals surface area contributed by atoms with Crippen LogP contribution < -0.4 is 5.32 Å². The minimum atomic E-state index is -0.0240. The van der Waals surface area contributed by atoms with Gasteiger partial charge in [0.05, 0.1) is 12.5 Å². The molecule has 0 atom stereocenters. The Morgan fingerprint density at radius 2 is 1.78 bits per heavy atom. The molecule has 23 heavy (non-hydrogen) atoms. The number of piperazine rings is 1. The fraction of sp³-hybridized carbons (Fsp3) is 0.556. The molecule has 1 N–H and O–H groups in total. The maximum Gasteiger partial charge on any atom is 0.321 e. The van der Waals surface area contributed by atoms with Gasteiger partial charge in [-0.05, 0) is 30.5 Å². The highest BCUT2D eigenvalue weighted by Gasteiger charge is 2.27. The Morgan fingerprint density at radius 1 is 1.13 bits per heavy atom. The first-order valence-electron chi connectivity index (χ1n) is 8.52. The highest BCUT2D eigenvalue weighted by Crippen LogP contribution is 2.24. The molecule has 5 nitrogen and oxygen atoms in total. The normalized spacial score (nSPS) is 19.5. The van der Waals surface area contributed by atoms with Crippen LogP contribution in [0.3, 0.4) is 0 Å². The standard InChI is InChI=1S/C18H24N4O/c19-10-9-15-5-7-16(8-6-15)20-18(23)22-13-11-21(12-14-22)17-3-1-2-4-17/h5-8,17H,1-4,9,11-14H2,(H,20,23). The molecule has 1 heterocycles. The van der Waals surface area contributed by atoms with Gasteiger partial charge in [0.25, 0.3) is 0 Å². The van der Waals surface area contributed by atoms with Crippen molar-refractivity contribution in [2.24, 2.45) is 0 Å². The maximum atomic E-state index is 12.4. The van der Waals surface area contributed by atoms with E-state index in [1.54, 1.807) is 0 Å². The highest BCUT2D eigenvalue weighted by atomic mass is 16.2. The summed E-state index contributed by atoms with van der Waals surface area (Å²) >= 11 is 0. The summed E-state index contributed by atoms with van der Waals surface area (Å²) in [7, 11) is 0. The topological polar surface area (TPSA) is 59.4 Å². The average Bonchev–Trinajstić information content (AvgIpc) is 3.11. The van der Waals surface area contributed by atoms with E-state index in [1.807, 2.05) is 29.2 Å². The van der Waals surface area contributed by atoms with Gasteiger partial charge in [0, 0.05) is 37.9 Å². The van der Waals surface area contributed by atoms with E-state index < -0.39 is 0 Å². The summed E-state index contributed by atoms with van der Waals surface area (Å²) in [5.74, 6) is 0. The van der Waals surface area contributed by atoms with Gasteiger partial charge in [-0.1, -0.05) is 25.0 Å². The Hall–Kier alpha value is -2.06. The number of carbonyl (C=O) groups excluding carboxylic acids is 1. The molecule has 2 amide bonds. The van der Waals surface area contributed by atoms with Crippen LogP contribution in [0.1, 0.15) is 31.2 Å². The summed E-state index contributed by atoms with van der Waals surface area (Å²) in [6.45, 7) is 3.57. The zero-order chi connectivity index (χ0) is 16.1. The maximum absolute atomic E-state index is 12.4. The van der Waals surface area contributed by atoms with Crippen molar-refractivity contribution in [2.75, 3.05) is 31.5 Å². The average molecular weight is 312 g/mol. The number of urea groups is 1. The third kappa shape index (κ3) is 4.02. The molecule has 1 aromatic rings. The summed E-state index contributed by atoms with van der Waals surface area (Å²) in [6.07, 6.45) is 5.75. The monoisotopic (exact) mass is 312 g/mol. The number of nitriles is 1. The van der Waals surface area contributed by atoms with E-state index in [2.05, 4.69) is 16.3 Å². The molecule has 0 radical (unpaired) electrons. The van der Waals surface area contributed by atoms with Crippen molar-refractivity contribution in [3.05, 3.63) is 29.8 Å². The van der Waals surface area contributed by atoms with Crippen LogP contribution in [0.25, 0.3) is 0 Å². The van der Waals surface area contributed by atoms with Crippen LogP contribution in [0.4, 0.5) is 10.5 Å². The van der Waals surface area contributed by atoms with E-state index in [9.17, 15) is 4.79 Å². The van der Waals surface area contributed by atoms with Crippen molar-refractivity contribution in [3.8, 4) is 6.07 Å². The second-order valence-corrected chi connectivity index (χ2v) is 6.42. The number of nitrogens with one attached hydrogen (secondary N) is 1. The second kappa shape index (κ2) is 7.47. The molecule has 5 heteroatoms. The van der Waals surface area contributed by atoms with Crippen molar-refractivity contribution >= 4 is 11.7 Å². The van der Waals surface area contributed by atoms with Crippen LogP contribution in [0, 0.1) is 11.3 Å². The SMILES string of the molecule is N#CCc1ccc(NC(=O)N2CCN(C3CCCC3)CC2)cc1. The molecule has 1 aromatic carbocycles. The van der Waals surface area contributed by atoms with E-state index in [-0.39, 0.29) is 6.03 Å². The number of rotatable bonds is 3. The Morgan fingerprint density at radius 3 is 2.39 bits per heavy atom. The summed E-state index contributed by atoms with van der Waals surface area (Å²) < 4.78 is 0. The molecule has 1 aliphatic carbocycles. The number of hydrogen-bond acceptors (Lipinski definition) is 3. The van der Waals surface area contributed by atoms with Crippen LogP contribution in [-0.4, -0.2) is 48.1 Å². The van der Waals surface area contributed by atoms with Crippen LogP contribution >= 0.6 is 0 Å². The van der Waals surface area contributed by atoms with Gasteiger partial charge in [0.1, 0.15) is 0 Å². The van der Waals surface area contributed by atoms with Gasteiger partial charge in [-0.25, -0.2) is 4.79 Å². The molecule has 2 aliphatic rings. The number of carbonyl (C=O) groups is 1. The Bertz CT molecular complexity index is 564. The largest absolute Gasteiger partial charge is 0.322 e. The first kappa shape index (κ1) is 15.8. The minimum absolute atomic E-state index is 0.0240. The highest BCUT2D eigenvalue weighted by molar-refractivity contribution is 5.89.